The molecule has 1 unspecified atom stereocenters. The zero-order valence-corrected chi connectivity index (χ0v) is 10.4. The van der Waals surface area contributed by atoms with Crippen LogP contribution in [-0.2, 0) is 0 Å². The van der Waals surface area contributed by atoms with Gasteiger partial charge in [0.25, 0.3) is 0 Å². The summed E-state index contributed by atoms with van der Waals surface area (Å²) in [6.07, 6.45) is -0.0883. The fraction of sp³-hybridized carbons (Fsp3) is 0.231. The van der Waals surface area contributed by atoms with Crippen molar-refractivity contribution in [2.24, 2.45) is 5.73 Å². The number of hydrogen-bond donors (Lipinski definition) is 1. The number of methoxy groups -OCH3 is 1. The van der Waals surface area contributed by atoms with Crippen LogP contribution in [0.25, 0.3) is 0 Å². The van der Waals surface area contributed by atoms with E-state index in [4.69, 9.17) is 15.2 Å². The summed E-state index contributed by atoms with van der Waals surface area (Å²) in [5.41, 5.74) is 6.84. The molecule has 0 fully saturated rings. The van der Waals surface area contributed by atoms with Gasteiger partial charge in [-0.25, -0.2) is 0 Å². The first kappa shape index (κ1) is 12.0. The van der Waals surface area contributed by atoms with E-state index < -0.39 is 0 Å². The van der Waals surface area contributed by atoms with Gasteiger partial charge in [-0.2, -0.15) is 11.3 Å². The monoisotopic (exact) mass is 249 g/mol. The molecule has 3 nitrogen and oxygen atoms in total. The highest BCUT2D eigenvalue weighted by molar-refractivity contribution is 7.07. The molecule has 4 heteroatoms. The summed E-state index contributed by atoms with van der Waals surface area (Å²) in [4.78, 5) is 0. The molecule has 0 radical (unpaired) electrons. The minimum atomic E-state index is -0.0883. The molecule has 17 heavy (non-hydrogen) atoms. The van der Waals surface area contributed by atoms with Gasteiger partial charge in [0.2, 0.25) is 0 Å². The van der Waals surface area contributed by atoms with Crippen LogP contribution >= 0.6 is 11.3 Å². The highest BCUT2D eigenvalue weighted by Crippen LogP contribution is 2.24. The molecule has 2 N–H and O–H groups in total. The van der Waals surface area contributed by atoms with E-state index >= 15 is 0 Å². The van der Waals surface area contributed by atoms with E-state index in [1.165, 1.54) is 0 Å². The van der Waals surface area contributed by atoms with Crippen molar-refractivity contribution in [3.05, 3.63) is 46.7 Å². The fourth-order valence-corrected chi connectivity index (χ4v) is 2.23. The summed E-state index contributed by atoms with van der Waals surface area (Å²) in [5.74, 6) is 1.62. The van der Waals surface area contributed by atoms with Gasteiger partial charge in [-0.05, 0) is 41.1 Å². The summed E-state index contributed by atoms with van der Waals surface area (Å²) >= 11 is 1.64. The SMILES string of the molecule is COc1ccc(OC(CN)c2ccsc2)cc1. The van der Waals surface area contributed by atoms with E-state index in [0.29, 0.717) is 6.54 Å². The standard InChI is InChI=1S/C13H15NO2S/c1-15-11-2-4-12(5-3-11)16-13(8-14)10-6-7-17-9-10/h2-7,9,13H,8,14H2,1H3. The normalized spacial score (nSPS) is 12.1. The van der Waals surface area contributed by atoms with Gasteiger partial charge >= 0.3 is 0 Å². The Hall–Kier alpha value is -1.52. The van der Waals surface area contributed by atoms with Crippen LogP contribution in [0.5, 0.6) is 11.5 Å². The van der Waals surface area contributed by atoms with E-state index in [1.807, 2.05) is 35.7 Å². The molecule has 2 rings (SSSR count). The summed E-state index contributed by atoms with van der Waals surface area (Å²) in [5, 5.41) is 4.08. The number of thiophene rings is 1. The third-order valence-corrected chi connectivity index (χ3v) is 3.17. The summed E-state index contributed by atoms with van der Waals surface area (Å²) in [6.45, 7) is 0.461. The van der Waals surface area contributed by atoms with Gasteiger partial charge in [-0.15, -0.1) is 0 Å². The van der Waals surface area contributed by atoms with Crippen molar-refractivity contribution < 1.29 is 9.47 Å². The smallest absolute Gasteiger partial charge is 0.137 e. The first-order valence-electron chi connectivity index (χ1n) is 5.36. The van der Waals surface area contributed by atoms with Gasteiger partial charge in [0.1, 0.15) is 17.6 Å². The van der Waals surface area contributed by atoms with Crippen LogP contribution in [0.2, 0.25) is 0 Å². The van der Waals surface area contributed by atoms with Crippen molar-refractivity contribution in [2.75, 3.05) is 13.7 Å². The largest absolute Gasteiger partial charge is 0.497 e. The molecule has 90 valence electrons. The van der Waals surface area contributed by atoms with E-state index in [0.717, 1.165) is 17.1 Å². The molecular weight excluding hydrogens is 234 g/mol. The molecule has 0 aliphatic heterocycles. The van der Waals surface area contributed by atoms with Gasteiger partial charge in [-0.3, -0.25) is 0 Å². The zero-order valence-electron chi connectivity index (χ0n) is 9.63. The minimum Gasteiger partial charge on any atom is -0.497 e. The zero-order chi connectivity index (χ0) is 12.1. The van der Waals surface area contributed by atoms with E-state index in [1.54, 1.807) is 18.4 Å². The lowest BCUT2D eigenvalue weighted by molar-refractivity contribution is 0.214. The predicted molar refractivity (Wildman–Crippen MR) is 69.7 cm³/mol. The first-order chi connectivity index (χ1) is 8.33. The van der Waals surface area contributed by atoms with Crippen LogP contribution in [0.4, 0.5) is 0 Å². The summed E-state index contributed by atoms with van der Waals surface area (Å²) in [7, 11) is 1.64. The second kappa shape index (κ2) is 5.70. The topological polar surface area (TPSA) is 44.5 Å². The number of nitrogens with two attached hydrogens (primary N) is 1. The number of ether oxygens (including phenoxy) is 2. The van der Waals surface area contributed by atoms with E-state index in [-0.39, 0.29) is 6.10 Å². The van der Waals surface area contributed by atoms with E-state index in [2.05, 4.69) is 5.38 Å². The molecule has 0 aliphatic rings. The van der Waals surface area contributed by atoms with Gasteiger partial charge in [0, 0.05) is 12.1 Å². The van der Waals surface area contributed by atoms with Crippen molar-refractivity contribution in [3.8, 4) is 11.5 Å². The molecular formula is C13H15NO2S. The van der Waals surface area contributed by atoms with Crippen molar-refractivity contribution in [3.63, 3.8) is 0 Å². The van der Waals surface area contributed by atoms with Crippen molar-refractivity contribution in [1.82, 2.24) is 0 Å². The number of hydrogen-bond acceptors (Lipinski definition) is 4. The molecule has 0 spiro atoms. The summed E-state index contributed by atoms with van der Waals surface area (Å²) in [6, 6.07) is 9.54. The highest BCUT2D eigenvalue weighted by atomic mass is 32.1. The molecule has 1 aromatic carbocycles. The Morgan fingerprint density at radius 3 is 2.41 bits per heavy atom. The molecule has 0 bridgehead atoms. The molecule has 1 aromatic heterocycles. The maximum Gasteiger partial charge on any atom is 0.137 e. The third kappa shape index (κ3) is 2.99. The van der Waals surface area contributed by atoms with Crippen LogP contribution in [0.15, 0.2) is 41.1 Å². The maximum absolute atomic E-state index is 5.83. The van der Waals surface area contributed by atoms with Crippen molar-refractivity contribution in [2.45, 2.75) is 6.10 Å². The predicted octanol–water partition coefficient (Wildman–Crippen LogP) is 2.84. The lowest BCUT2D eigenvalue weighted by Crippen LogP contribution is -2.17. The third-order valence-electron chi connectivity index (χ3n) is 2.47. The van der Waals surface area contributed by atoms with Gasteiger partial charge in [-0.1, -0.05) is 0 Å². The molecule has 0 aliphatic carbocycles. The van der Waals surface area contributed by atoms with Crippen LogP contribution < -0.4 is 15.2 Å². The second-order valence-electron chi connectivity index (χ2n) is 3.57. The van der Waals surface area contributed by atoms with Crippen molar-refractivity contribution in [1.29, 1.82) is 0 Å². The highest BCUT2D eigenvalue weighted by Gasteiger charge is 2.11. The van der Waals surface area contributed by atoms with Crippen LogP contribution in [0.1, 0.15) is 11.7 Å². The fourth-order valence-electron chi connectivity index (χ4n) is 1.53. The average molecular weight is 249 g/mol. The molecule has 1 heterocycles. The van der Waals surface area contributed by atoms with Gasteiger partial charge in [0.05, 0.1) is 7.11 Å². The molecule has 0 amide bonds. The second-order valence-corrected chi connectivity index (χ2v) is 4.35. The van der Waals surface area contributed by atoms with Crippen LogP contribution in [0.3, 0.4) is 0 Å². The Labute approximate surface area is 105 Å². The maximum atomic E-state index is 5.83. The molecule has 0 saturated carbocycles. The Morgan fingerprint density at radius 2 is 1.88 bits per heavy atom. The average Bonchev–Trinajstić information content (AvgIpc) is 2.90. The van der Waals surface area contributed by atoms with E-state index in [9.17, 15) is 0 Å². The first-order valence-corrected chi connectivity index (χ1v) is 6.30. The Bertz CT molecular complexity index is 439. The number of benzene rings is 1. The minimum absolute atomic E-state index is 0.0883. The van der Waals surface area contributed by atoms with Gasteiger partial charge in [0.15, 0.2) is 0 Å². The van der Waals surface area contributed by atoms with Crippen LogP contribution in [-0.4, -0.2) is 13.7 Å². The molecule has 1 atom stereocenters. The lowest BCUT2D eigenvalue weighted by atomic mass is 10.2. The Morgan fingerprint density at radius 1 is 1.18 bits per heavy atom. The molecule has 0 saturated heterocycles. The Balaban J connectivity index is 2.07. The van der Waals surface area contributed by atoms with Crippen molar-refractivity contribution >= 4 is 11.3 Å². The lowest BCUT2D eigenvalue weighted by Gasteiger charge is -2.16. The Kier molecular flexibility index (Phi) is 4.01. The summed E-state index contributed by atoms with van der Waals surface area (Å²) < 4.78 is 10.9. The quantitative estimate of drug-likeness (QED) is 0.886. The van der Waals surface area contributed by atoms with Gasteiger partial charge < -0.3 is 15.2 Å². The van der Waals surface area contributed by atoms with Crippen LogP contribution in [0, 0.1) is 0 Å². The molecule has 2 aromatic rings. The number of rotatable bonds is 5.